The molecule has 0 aliphatic carbocycles. The molecule has 0 amide bonds. The van der Waals surface area contributed by atoms with Gasteiger partial charge in [0.2, 0.25) is 0 Å². The molecule has 0 atom stereocenters. The van der Waals surface area contributed by atoms with E-state index in [4.69, 9.17) is 23.2 Å². The first-order chi connectivity index (χ1) is 9.39. The molecule has 0 spiro atoms. The quantitative estimate of drug-likeness (QED) is 0.773. The van der Waals surface area contributed by atoms with Gasteiger partial charge in [0.05, 0.1) is 15.6 Å². The van der Waals surface area contributed by atoms with Gasteiger partial charge in [-0.1, -0.05) is 47.5 Å². The Balaban J connectivity index is 2.22. The predicted molar refractivity (Wildman–Crippen MR) is 75.2 cm³/mol. The fourth-order valence-electron chi connectivity index (χ4n) is 1.76. The van der Waals surface area contributed by atoms with Crippen LogP contribution in [-0.4, -0.2) is 0 Å². The number of rotatable bonds is 3. The van der Waals surface area contributed by atoms with Crippen LogP contribution in [0, 0.1) is 0 Å². The van der Waals surface area contributed by atoms with E-state index < -0.39 is 11.7 Å². The normalized spacial score (nSPS) is 11.4. The van der Waals surface area contributed by atoms with E-state index in [-0.39, 0.29) is 12.2 Å². The molecule has 0 aromatic heterocycles. The van der Waals surface area contributed by atoms with E-state index in [9.17, 15) is 13.2 Å². The average molecular weight is 320 g/mol. The van der Waals surface area contributed by atoms with Crippen molar-refractivity contribution in [1.82, 2.24) is 0 Å². The lowest BCUT2D eigenvalue weighted by atomic mass is 10.1. The fourth-order valence-corrected chi connectivity index (χ4v) is 2.15. The van der Waals surface area contributed by atoms with Crippen molar-refractivity contribution in [2.45, 2.75) is 12.7 Å². The summed E-state index contributed by atoms with van der Waals surface area (Å²) in [6.45, 7) is 0.159. The summed E-state index contributed by atoms with van der Waals surface area (Å²) in [6, 6.07) is 10.3. The van der Waals surface area contributed by atoms with Crippen LogP contribution in [0.15, 0.2) is 42.5 Å². The molecule has 0 radical (unpaired) electrons. The minimum Gasteiger partial charge on any atom is -0.380 e. The lowest BCUT2D eigenvalue weighted by Crippen LogP contribution is -2.10. The zero-order valence-electron chi connectivity index (χ0n) is 10.1. The molecule has 20 heavy (non-hydrogen) atoms. The zero-order valence-corrected chi connectivity index (χ0v) is 11.7. The van der Waals surface area contributed by atoms with Crippen LogP contribution in [0.2, 0.25) is 10.0 Å². The highest BCUT2D eigenvalue weighted by molar-refractivity contribution is 6.42. The molecule has 0 bridgehead atoms. The average Bonchev–Trinajstić information content (AvgIpc) is 2.40. The van der Waals surface area contributed by atoms with Crippen molar-refractivity contribution in [1.29, 1.82) is 0 Å². The number of alkyl halides is 3. The Bertz CT molecular complexity index is 612. The van der Waals surface area contributed by atoms with Crippen molar-refractivity contribution in [3.63, 3.8) is 0 Å². The van der Waals surface area contributed by atoms with Gasteiger partial charge in [0.25, 0.3) is 0 Å². The minimum absolute atomic E-state index is 0.0102. The molecule has 0 aliphatic heterocycles. The first-order valence-corrected chi connectivity index (χ1v) is 6.48. The third-order valence-electron chi connectivity index (χ3n) is 2.73. The highest BCUT2D eigenvalue weighted by atomic mass is 35.5. The summed E-state index contributed by atoms with van der Waals surface area (Å²) >= 11 is 11.9. The highest BCUT2D eigenvalue weighted by Gasteiger charge is 2.33. The van der Waals surface area contributed by atoms with Crippen LogP contribution in [0.5, 0.6) is 0 Å². The van der Waals surface area contributed by atoms with Crippen LogP contribution in [0.4, 0.5) is 18.9 Å². The number of para-hydroxylation sites is 1. The molecule has 106 valence electrons. The summed E-state index contributed by atoms with van der Waals surface area (Å²) in [7, 11) is 0. The monoisotopic (exact) mass is 319 g/mol. The third kappa shape index (κ3) is 3.38. The molecule has 2 rings (SSSR count). The molecular formula is C14H10Cl2F3N. The maximum Gasteiger partial charge on any atom is 0.418 e. The molecule has 0 saturated carbocycles. The predicted octanol–water partition coefficient (Wildman–Crippen LogP) is 5.62. The van der Waals surface area contributed by atoms with Crippen molar-refractivity contribution in [2.75, 3.05) is 5.32 Å². The van der Waals surface area contributed by atoms with Crippen LogP contribution in [0.1, 0.15) is 11.1 Å². The highest BCUT2D eigenvalue weighted by Crippen LogP contribution is 2.35. The lowest BCUT2D eigenvalue weighted by molar-refractivity contribution is -0.136. The zero-order chi connectivity index (χ0) is 14.8. The first kappa shape index (κ1) is 15.0. The van der Waals surface area contributed by atoms with Crippen LogP contribution < -0.4 is 5.32 Å². The van der Waals surface area contributed by atoms with E-state index in [1.54, 1.807) is 18.2 Å². The Morgan fingerprint density at radius 3 is 2.35 bits per heavy atom. The molecule has 0 aliphatic rings. The largest absolute Gasteiger partial charge is 0.418 e. The number of anilines is 1. The maximum atomic E-state index is 12.8. The van der Waals surface area contributed by atoms with Crippen LogP contribution >= 0.6 is 23.2 Å². The van der Waals surface area contributed by atoms with Gasteiger partial charge in [-0.05, 0) is 23.8 Å². The van der Waals surface area contributed by atoms with Gasteiger partial charge in [0.1, 0.15) is 0 Å². The second-order valence-corrected chi connectivity index (χ2v) is 4.90. The van der Waals surface area contributed by atoms with Gasteiger partial charge < -0.3 is 5.32 Å². The molecule has 0 unspecified atom stereocenters. The van der Waals surface area contributed by atoms with E-state index >= 15 is 0 Å². The molecule has 1 nitrogen and oxygen atoms in total. The van der Waals surface area contributed by atoms with Gasteiger partial charge in [-0.25, -0.2) is 0 Å². The Morgan fingerprint density at radius 1 is 0.950 bits per heavy atom. The van der Waals surface area contributed by atoms with Gasteiger partial charge in [0, 0.05) is 12.2 Å². The number of halogens is 5. The Kier molecular flexibility index (Phi) is 4.45. The topological polar surface area (TPSA) is 12.0 Å². The van der Waals surface area contributed by atoms with Crippen LogP contribution in [0.3, 0.4) is 0 Å². The van der Waals surface area contributed by atoms with Crippen molar-refractivity contribution in [3.05, 3.63) is 63.6 Å². The second kappa shape index (κ2) is 5.94. The van der Waals surface area contributed by atoms with Gasteiger partial charge in [-0.3, -0.25) is 0 Å². The lowest BCUT2D eigenvalue weighted by Gasteiger charge is -2.15. The van der Waals surface area contributed by atoms with E-state index in [2.05, 4.69) is 5.32 Å². The summed E-state index contributed by atoms with van der Waals surface area (Å²) in [5.41, 5.74) is -0.0645. The van der Waals surface area contributed by atoms with Gasteiger partial charge >= 0.3 is 6.18 Å². The molecule has 0 saturated heterocycles. The number of hydrogen-bond acceptors (Lipinski definition) is 1. The smallest absolute Gasteiger partial charge is 0.380 e. The number of hydrogen-bond donors (Lipinski definition) is 1. The summed E-state index contributed by atoms with van der Waals surface area (Å²) in [6.07, 6.45) is -4.40. The standard InChI is InChI=1S/C14H10Cl2F3N/c15-11-6-3-4-9(13(11)16)8-20-12-7-2-1-5-10(12)14(17,18)19/h1-7,20H,8H2. The Morgan fingerprint density at radius 2 is 1.65 bits per heavy atom. The maximum absolute atomic E-state index is 12.8. The molecule has 0 heterocycles. The number of benzene rings is 2. The van der Waals surface area contributed by atoms with E-state index in [0.717, 1.165) is 6.07 Å². The summed E-state index contributed by atoms with van der Waals surface area (Å²) in [4.78, 5) is 0. The summed E-state index contributed by atoms with van der Waals surface area (Å²) in [5, 5.41) is 3.45. The van der Waals surface area contributed by atoms with Crippen molar-refractivity contribution < 1.29 is 13.2 Å². The van der Waals surface area contributed by atoms with Crippen molar-refractivity contribution in [2.24, 2.45) is 0 Å². The van der Waals surface area contributed by atoms with E-state index in [1.807, 2.05) is 0 Å². The van der Waals surface area contributed by atoms with E-state index in [1.165, 1.54) is 18.2 Å². The SMILES string of the molecule is FC(F)(F)c1ccccc1NCc1cccc(Cl)c1Cl. The molecular weight excluding hydrogens is 310 g/mol. The van der Waals surface area contributed by atoms with Gasteiger partial charge in [-0.2, -0.15) is 13.2 Å². The first-order valence-electron chi connectivity index (χ1n) is 5.72. The Hall–Kier alpha value is -1.39. The van der Waals surface area contributed by atoms with Gasteiger partial charge in [0.15, 0.2) is 0 Å². The van der Waals surface area contributed by atoms with Gasteiger partial charge in [-0.15, -0.1) is 0 Å². The number of nitrogens with one attached hydrogen (secondary N) is 1. The summed E-state index contributed by atoms with van der Waals surface area (Å²) in [5.74, 6) is 0. The fraction of sp³-hybridized carbons (Fsp3) is 0.143. The van der Waals surface area contributed by atoms with Crippen LogP contribution in [-0.2, 0) is 12.7 Å². The van der Waals surface area contributed by atoms with Crippen LogP contribution in [0.25, 0.3) is 0 Å². The summed E-state index contributed by atoms with van der Waals surface area (Å²) < 4.78 is 38.5. The van der Waals surface area contributed by atoms with Crippen molar-refractivity contribution >= 4 is 28.9 Å². The molecule has 6 heteroatoms. The third-order valence-corrected chi connectivity index (χ3v) is 3.59. The molecule has 1 N–H and O–H groups in total. The molecule has 0 fully saturated rings. The second-order valence-electron chi connectivity index (χ2n) is 4.11. The molecule has 2 aromatic rings. The van der Waals surface area contributed by atoms with E-state index in [0.29, 0.717) is 15.6 Å². The molecule has 2 aromatic carbocycles. The van der Waals surface area contributed by atoms with Crippen molar-refractivity contribution in [3.8, 4) is 0 Å². The Labute approximate surface area is 124 Å². The minimum atomic E-state index is -4.40.